The fourth-order valence-corrected chi connectivity index (χ4v) is 4.24. The first-order valence-electron chi connectivity index (χ1n) is 9.54. The molecule has 4 rings (SSSR count). The summed E-state index contributed by atoms with van der Waals surface area (Å²) in [5, 5.41) is 12.9. The highest BCUT2D eigenvalue weighted by Crippen LogP contribution is 2.35. The molecule has 3 aromatic rings. The van der Waals surface area contributed by atoms with Crippen LogP contribution in [0.15, 0.2) is 70.8 Å². The SMILES string of the molecule is COc1cc(-n2cccc2)c(Cl)cc1/C=C1\SC(Nc2ccc(CC(=O)O)cc2)=NC1=O. The third-order valence-electron chi connectivity index (χ3n) is 4.65. The number of nitrogens with zero attached hydrogens (tertiary/aromatic N) is 2. The van der Waals surface area contributed by atoms with Gasteiger partial charge in [0, 0.05) is 29.7 Å². The van der Waals surface area contributed by atoms with E-state index in [9.17, 15) is 9.59 Å². The van der Waals surface area contributed by atoms with Crippen molar-refractivity contribution in [3.8, 4) is 11.4 Å². The van der Waals surface area contributed by atoms with Gasteiger partial charge in [-0.15, -0.1) is 0 Å². The predicted octanol–water partition coefficient (Wildman–Crippen LogP) is 4.85. The van der Waals surface area contributed by atoms with E-state index in [-0.39, 0.29) is 12.3 Å². The van der Waals surface area contributed by atoms with Crippen LogP contribution < -0.4 is 10.1 Å². The third-order valence-corrected chi connectivity index (χ3v) is 5.85. The number of carbonyl (C=O) groups excluding carboxylic acids is 1. The highest BCUT2D eigenvalue weighted by Gasteiger charge is 2.23. The highest BCUT2D eigenvalue weighted by molar-refractivity contribution is 8.18. The first-order chi connectivity index (χ1) is 15.4. The maximum absolute atomic E-state index is 12.4. The van der Waals surface area contributed by atoms with Crippen LogP contribution in [-0.2, 0) is 16.0 Å². The third kappa shape index (κ3) is 4.87. The number of amidine groups is 1. The van der Waals surface area contributed by atoms with Crippen LogP contribution in [0, 0.1) is 0 Å². The lowest BCUT2D eigenvalue weighted by molar-refractivity contribution is -0.136. The van der Waals surface area contributed by atoms with Crippen LogP contribution in [0.1, 0.15) is 11.1 Å². The Morgan fingerprint density at radius 3 is 2.62 bits per heavy atom. The Morgan fingerprint density at radius 1 is 1.25 bits per heavy atom. The number of aromatic nitrogens is 1. The van der Waals surface area contributed by atoms with Gasteiger partial charge in [0.2, 0.25) is 0 Å². The van der Waals surface area contributed by atoms with Crippen molar-refractivity contribution in [2.24, 2.45) is 4.99 Å². The number of amides is 1. The molecule has 0 unspecified atom stereocenters. The second-order valence-electron chi connectivity index (χ2n) is 6.86. The van der Waals surface area contributed by atoms with Gasteiger partial charge < -0.3 is 19.7 Å². The minimum Gasteiger partial charge on any atom is -0.496 e. The molecular weight excluding hydrogens is 450 g/mol. The van der Waals surface area contributed by atoms with Crippen LogP contribution in [-0.4, -0.2) is 33.8 Å². The number of ether oxygens (including phenoxy) is 1. The molecule has 2 heterocycles. The van der Waals surface area contributed by atoms with Gasteiger partial charge in [0.1, 0.15) is 5.75 Å². The Balaban J connectivity index is 1.52. The molecule has 32 heavy (non-hydrogen) atoms. The number of hydrogen-bond donors (Lipinski definition) is 2. The zero-order chi connectivity index (χ0) is 22.7. The van der Waals surface area contributed by atoms with E-state index in [4.69, 9.17) is 21.4 Å². The molecule has 2 aromatic carbocycles. The molecule has 7 nitrogen and oxygen atoms in total. The normalized spacial score (nSPS) is 14.5. The summed E-state index contributed by atoms with van der Waals surface area (Å²) >= 11 is 7.68. The number of carboxylic acids is 1. The molecule has 9 heteroatoms. The molecule has 0 atom stereocenters. The highest BCUT2D eigenvalue weighted by atomic mass is 35.5. The summed E-state index contributed by atoms with van der Waals surface area (Å²) in [5.41, 5.74) is 2.83. The molecule has 0 aliphatic carbocycles. The number of carbonyl (C=O) groups is 2. The lowest BCUT2D eigenvalue weighted by atomic mass is 10.1. The van der Waals surface area contributed by atoms with Crippen molar-refractivity contribution in [3.05, 3.63) is 82.0 Å². The number of benzene rings is 2. The summed E-state index contributed by atoms with van der Waals surface area (Å²) in [6, 6.07) is 14.3. The number of halogens is 1. The number of methoxy groups -OCH3 is 1. The van der Waals surface area contributed by atoms with Crippen LogP contribution in [0.4, 0.5) is 5.69 Å². The molecule has 0 saturated heterocycles. The van der Waals surface area contributed by atoms with Crippen LogP contribution in [0.25, 0.3) is 11.8 Å². The fourth-order valence-electron chi connectivity index (χ4n) is 3.15. The number of rotatable bonds is 6. The van der Waals surface area contributed by atoms with E-state index in [0.29, 0.717) is 37.7 Å². The number of thioether (sulfide) groups is 1. The van der Waals surface area contributed by atoms with Crippen molar-refractivity contribution in [1.29, 1.82) is 0 Å². The molecule has 1 aliphatic heterocycles. The quantitative estimate of drug-likeness (QED) is 0.503. The van der Waals surface area contributed by atoms with Gasteiger partial charge in [-0.2, -0.15) is 4.99 Å². The Labute approximate surface area is 193 Å². The van der Waals surface area contributed by atoms with E-state index < -0.39 is 5.97 Å². The van der Waals surface area contributed by atoms with Gasteiger partial charge in [-0.05, 0) is 53.7 Å². The van der Waals surface area contributed by atoms with Crippen LogP contribution in [0.5, 0.6) is 5.75 Å². The Bertz CT molecular complexity index is 1230. The summed E-state index contributed by atoms with van der Waals surface area (Å²) in [6.07, 6.45) is 5.42. The molecule has 0 bridgehead atoms. The second-order valence-corrected chi connectivity index (χ2v) is 8.30. The van der Waals surface area contributed by atoms with Crippen LogP contribution in [0.2, 0.25) is 5.02 Å². The van der Waals surface area contributed by atoms with Gasteiger partial charge in [-0.3, -0.25) is 9.59 Å². The maximum atomic E-state index is 12.4. The van der Waals surface area contributed by atoms with E-state index in [1.807, 2.05) is 35.2 Å². The van der Waals surface area contributed by atoms with Gasteiger partial charge in [-0.25, -0.2) is 0 Å². The van der Waals surface area contributed by atoms with E-state index in [2.05, 4.69) is 10.3 Å². The number of aliphatic carboxylic acids is 1. The summed E-state index contributed by atoms with van der Waals surface area (Å²) in [4.78, 5) is 27.7. The number of hydrogen-bond acceptors (Lipinski definition) is 5. The molecular formula is C23H18ClN3O4S. The summed E-state index contributed by atoms with van der Waals surface area (Å²) in [7, 11) is 1.56. The van der Waals surface area contributed by atoms with Crippen molar-refractivity contribution >= 4 is 52.2 Å². The second kappa shape index (κ2) is 9.33. The lowest BCUT2D eigenvalue weighted by Crippen LogP contribution is -2.05. The summed E-state index contributed by atoms with van der Waals surface area (Å²) in [6.45, 7) is 0. The molecule has 0 fully saturated rings. The number of aliphatic imine (C=N–C) groups is 1. The van der Waals surface area contributed by atoms with Crippen molar-refractivity contribution < 1.29 is 19.4 Å². The standard InChI is InChI=1S/C23H18ClN3O4S/c1-31-19-13-18(27-8-2-3-9-27)17(24)11-15(19)12-20-22(30)26-23(32-20)25-16-6-4-14(5-7-16)10-21(28)29/h2-9,11-13H,10H2,1H3,(H,28,29)(H,25,26,30)/b20-12-. The fraction of sp³-hybridized carbons (Fsp3) is 0.0870. The smallest absolute Gasteiger partial charge is 0.307 e. The number of anilines is 1. The zero-order valence-corrected chi connectivity index (χ0v) is 18.5. The first kappa shape index (κ1) is 21.7. The van der Waals surface area contributed by atoms with E-state index in [0.717, 1.165) is 5.69 Å². The number of nitrogens with one attached hydrogen (secondary N) is 1. The summed E-state index contributed by atoms with van der Waals surface area (Å²) < 4.78 is 7.39. The minimum absolute atomic E-state index is 0.0468. The average molecular weight is 468 g/mol. The van der Waals surface area contributed by atoms with Gasteiger partial charge in [0.15, 0.2) is 5.17 Å². The Hall–Kier alpha value is -3.49. The van der Waals surface area contributed by atoms with Crippen molar-refractivity contribution in [3.63, 3.8) is 0 Å². The largest absolute Gasteiger partial charge is 0.496 e. The van der Waals surface area contributed by atoms with Crippen molar-refractivity contribution in [1.82, 2.24) is 4.57 Å². The van der Waals surface area contributed by atoms with Gasteiger partial charge in [-0.1, -0.05) is 23.7 Å². The Morgan fingerprint density at radius 2 is 1.97 bits per heavy atom. The lowest BCUT2D eigenvalue weighted by Gasteiger charge is -2.12. The van der Waals surface area contributed by atoms with Gasteiger partial charge in [0.25, 0.3) is 5.91 Å². The van der Waals surface area contributed by atoms with Crippen molar-refractivity contribution in [2.45, 2.75) is 6.42 Å². The molecule has 162 valence electrons. The Kier molecular flexibility index (Phi) is 6.34. The van der Waals surface area contributed by atoms with Crippen LogP contribution >= 0.6 is 23.4 Å². The van der Waals surface area contributed by atoms with Gasteiger partial charge in [0.05, 0.1) is 29.1 Å². The van der Waals surface area contributed by atoms with E-state index in [1.54, 1.807) is 43.5 Å². The number of carboxylic acid groups (broad SMARTS) is 1. The molecule has 0 radical (unpaired) electrons. The van der Waals surface area contributed by atoms with Crippen molar-refractivity contribution in [2.75, 3.05) is 12.4 Å². The molecule has 0 spiro atoms. The summed E-state index contributed by atoms with van der Waals surface area (Å²) in [5.74, 6) is -0.680. The molecule has 1 amide bonds. The van der Waals surface area contributed by atoms with Crippen LogP contribution in [0.3, 0.4) is 0 Å². The predicted molar refractivity (Wildman–Crippen MR) is 127 cm³/mol. The topological polar surface area (TPSA) is 92.9 Å². The van der Waals surface area contributed by atoms with Gasteiger partial charge >= 0.3 is 5.97 Å². The zero-order valence-electron chi connectivity index (χ0n) is 16.9. The first-order valence-corrected chi connectivity index (χ1v) is 10.7. The minimum atomic E-state index is -0.890. The van der Waals surface area contributed by atoms with E-state index in [1.165, 1.54) is 11.8 Å². The monoisotopic (exact) mass is 467 g/mol. The molecule has 0 saturated carbocycles. The average Bonchev–Trinajstić information content (AvgIpc) is 3.40. The molecule has 1 aromatic heterocycles. The van der Waals surface area contributed by atoms with E-state index >= 15 is 0 Å². The molecule has 1 aliphatic rings. The maximum Gasteiger partial charge on any atom is 0.307 e. The molecule has 2 N–H and O–H groups in total.